The fraction of sp³-hybridized carbons (Fsp3) is 0.333. The molecule has 1 saturated heterocycles. The molecule has 4 rings (SSSR count). The lowest BCUT2D eigenvalue weighted by Gasteiger charge is -2.13. The number of carbonyl (C=O) groups is 1. The van der Waals surface area contributed by atoms with Crippen LogP contribution in [0.25, 0.3) is 5.57 Å². The highest BCUT2D eigenvalue weighted by Gasteiger charge is 2.26. The summed E-state index contributed by atoms with van der Waals surface area (Å²) >= 11 is 0. The second-order valence-electron chi connectivity index (χ2n) is 6.95. The number of amides is 1. The quantitative estimate of drug-likeness (QED) is 0.871. The van der Waals surface area contributed by atoms with Gasteiger partial charge in [0.2, 0.25) is 5.91 Å². The van der Waals surface area contributed by atoms with Gasteiger partial charge >= 0.3 is 0 Å². The molecule has 5 nitrogen and oxygen atoms in total. The Morgan fingerprint density at radius 1 is 1.08 bits per heavy atom. The number of pyridine rings is 1. The number of hydrogen-bond acceptors (Lipinski definition) is 3. The number of aromatic amines is 1. The second-order valence-corrected chi connectivity index (χ2v) is 6.95. The van der Waals surface area contributed by atoms with Crippen LogP contribution in [0.3, 0.4) is 0 Å². The van der Waals surface area contributed by atoms with Crippen molar-refractivity contribution >= 4 is 11.5 Å². The first-order valence-corrected chi connectivity index (χ1v) is 9.03. The third-order valence-electron chi connectivity index (χ3n) is 5.04. The summed E-state index contributed by atoms with van der Waals surface area (Å²) in [7, 11) is 1.63. The molecular weight excluding hydrogens is 328 g/mol. The van der Waals surface area contributed by atoms with Gasteiger partial charge in [-0.2, -0.15) is 0 Å². The van der Waals surface area contributed by atoms with Crippen molar-refractivity contribution in [2.24, 2.45) is 0 Å². The normalized spacial score (nSPS) is 20.1. The third-order valence-corrected chi connectivity index (χ3v) is 5.04. The van der Waals surface area contributed by atoms with Crippen LogP contribution in [0, 0.1) is 0 Å². The van der Waals surface area contributed by atoms with Gasteiger partial charge in [0, 0.05) is 29.3 Å². The van der Waals surface area contributed by atoms with Crippen LogP contribution in [0.15, 0.2) is 47.3 Å². The maximum atomic E-state index is 12.5. The lowest BCUT2D eigenvalue weighted by Crippen LogP contribution is -2.23. The maximum Gasteiger partial charge on any atom is 0.251 e. The number of nitrogens with one attached hydrogen (secondary N) is 2. The Hall–Kier alpha value is -2.82. The van der Waals surface area contributed by atoms with Crippen molar-refractivity contribution in [3.63, 3.8) is 0 Å². The van der Waals surface area contributed by atoms with Gasteiger partial charge in [-0.3, -0.25) is 9.59 Å². The van der Waals surface area contributed by atoms with Gasteiger partial charge in [-0.15, -0.1) is 0 Å². The van der Waals surface area contributed by atoms with Crippen LogP contribution in [0.5, 0.6) is 5.75 Å². The molecule has 26 heavy (non-hydrogen) atoms. The maximum absolute atomic E-state index is 12.5. The fourth-order valence-electron chi connectivity index (χ4n) is 3.43. The number of rotatable bonds is 5. The smallest absolute Gasteiger partial charge is 0.251 e. The summed E-state index contributed by atoms with van der Waals surface area (Å²) in [6, 6.07) is 11.6. The van der Waals surface area contributed by atoms with Crippen LogP contribution in [-0.2, 0) is 4.79 Å². The molecule has 0 unspecified atom stereocenters. The minimum Gasteiger partial charge on any atom is -0.497 e. The third kappa shape index (κ3) is 3.43. The van der Waals surface area contributed by atoms with Crippen molar-refractivity contribution in [1.29, 1.82) is 0 Å². The predicted octanol–water partition coefficient (Wildman–Crippen LogP) is 2.97. The Morgan fingerprint density at radius 2 is 1.85 bits per heavy atom. The average Bonchev–Trinajstić information content (AvgIpc) is 3.41. The van der Waals surface area contributed by atoms with Gasteiger partial charge in [0.25, 0.3) is 5.56 Å². The van der Waals surface area contributed by atoms with E-state index in [0.717, 1.165) is 47.4 Å². The monoisotopic (exact) mass is 350 g/mol. The van der Waals surface area contributed by atoms with Gasteiger partial charge in [-0.25, -0.2) is 0 Å². The van der Waals surface area contributed by atoms with E-state index in [4.69, 9.17) is 4.74 Å². The molecule has 1 amide bonds. The molecule has 0 radical (unpaired) electrons. The zero-order valence-corrected chi connectivity index (χ0v) is 14.7. The van der Waals surface area contributed by atoms with E-state index in [-0.39, 0.29) is 17.5 Å². The molecule has 1 aromatic heterocycles. The second kappa shape index (κ2) is 6.83. The number of carbonyl (C=O) groups excluding carboxylic acids is 1. The largest absolute Gasteiger partial charge is 0.497 e. The molecule has 1 aliphatic carbocycles. The lowest BCUT2D eigenvalue weighted by molar-refractivity contribution is -0.119. The van der Waals surface area contributed by atoms with Gasteiger partial charge in [0.05, 0.1) is 7.11 Å². The Morgan fingerprint density at radius 3 is 2.42 bits per heavy atom. The summed E-state index contributed by atoms with van der Waals surface area (Å²) in [4.78, 5) is 27.1. The molecule has 2 fully saturated rings. The van der Waals surface area contributed by atoms with Crippen molar-refractivity contribution in [3.05, 3.63) is 69.6 Å². The Labute approximate surface area is 152 Å². The van der Waals surface area contributed by atoms with Crippen molar-refractivity contribution in [1.82, 2.24) is 10.3 Å². The Kier molecular flexibility index (Phi) is 4.37. The molecule has 1 aliphatic heterocycles. The van der Waals surface area contributed by atoms with Gasteiger partial charge in [-0.1, -0.05) is 24.3 Å². The van der Waals surface area contributed by atoms with Crippen molar-refractivity contribution in [2.75, 3.05) is 7.11 Å². The van der Waals surface area contributed by atoms with Gasteiger partial charge in [0.1, 0.15) is 5.75 Å². The van der Waals surface area contributed by atoms with Crippen LogP contribution in [0.1, 0.15) is 48.4 Å². The van der Waals surface area contributed by atoms with Gasteiger partial charge in [-0.05, 0) is 48.9 Å². The number of ether oxygens (including phenoxy) is 1. The molecule has 2 heterocycles. The summed E-state index contributed by atoms with van der Waals surface area (Å²) in [5.74, 6) is 1.26. The van der Waals surface area contributed by atoms with Gasteiger partial charge in [0.15, 0.2) is 0 Å². The van der Waals surface area contributed by atoms with E-state index in [0.29, 0.717) is 12.3 Å². The number of H-pyrrole nitrogens is 1. The zero-order valence-electron chi connectivity index (χ0n) is 14.7. The minimum atomic E-state index is -0.0220. The van der Waals surface area contributed by atoms with E-state index in [1.165, 1.54) is 0 Å². The van der Waals surface area contributed by atoms with Crippen LogP contribution in [-0.4, -0.2) is 24.0 Å². The predicted molar refractivity (Wildman–Crippen MR) is 100 cm³/mol. The van der Waals surface area contributed by atoms with Crippen LogP contribution < -0.4 is 15.6 Å². The van der Waals surface area contributed by atoms with Crippen LogP contribution in [0.4, 0.5) is 0 Å². The molecule has 5 heteroatoms. The van der Waals surface area contributed by atoms with E-state index in [1.54, 1.807) is 7.11 Å². The van der Waals surface area contributed by atoms with E-state index in [1.807, 2.05) is 42.5 Å². The van der Waals surface area contributed by atoms with Crippen molar-refractivity contribution < 1.29 is 9.53 Å². The van der Waals surface area contributed by atoms with E-state index in [2.05, 4.69) is 10.3 Å². The minimum absolute atomic E-state index is 0.0140. The molecule has 2 aromatic rings. The molecule has 134 valence electrons. The Balaban J connectivity index is 1.74. The summed E-state index contributed by atoms with van der Waals surface area (Å²) in [6.07, 6.45) is 5.53. The first-order chi connectivity index (χ1) is 12.6. The first kappa shape index (κ1) is 16.6. The van der Waals surface area contributed by atoms with Crippen molar-refractivity contribution in [2.45, 2.75) is 37.6 Å². The first-order valence-electron chi connectivity index (χ1n) is 9.03. The van der Waals surface area contributed by atoms with E-state index in [9.17, 15) is 9.59 Å². The molecule has 0 bridgehead atoms. The highest BCUT2D eigenvalue weighted by atomic mass is 16.5. The SMILES string of the molecule is COc1ccc(/C(=C\[C@H]2CCC(=O)N2)c2ccc(C3CC3)c(=O)[nH]2)cc1. The Bertz CT molecular complexity index is 908. The summed E-state index contributed by atoms with van der Waals surface area (Å²) in [5, 5.41) is 2.97. The molecule has 1 saturated carbocycles. The van der Waals surface area contributed by atoms with Crippen molar-refractivity contribution in [3.8, 4) is 5.75 Å². The average molecular weight is 350 g/mol. The molecular formula is C21H22N2O3. The molecule has 1 atom stereocenters. The van der Waals surface area contributed by atoms with Crippen LogP contribution in [0.2, 0.25) is 0 Å². The zero-order chi connectivity index (χ0) is 18.1. The topological polar surface area (TPSA) is 71.2 Å². The number of aromatic nitrogens is 1. The summed E-state index contributed by atoms with van der Waals surface area (Å²) in [6.45, 7) is 0. The van der Waals surface area contributed by atoms with E-state index < -0.39 is 0 Å². The van der Waals surface area contributed by atoms with E-state index >= 15 is 0 Å². The van der Waals surface area contributed by atoms with Gasteiger partial charge < -0.3 is 15.0 Å². The summed E-state index contributed by atoms with van der Waals surface area (Å²) < 4.78 is 5.24. The van der Waals surface area contributed by atoms with Crippen LogP contribution >= 0.6 is 0 Å². The lowest BCUT2D eigenvalue weighted by atomic mass is 9.98. The number of hydrogen-bond donors (Lipinski definition) is 2. The standard InChI is InChI=1S/C21H22N2O3/c1-26-16-7-4-14(5-8-16)18(12-15-6-11-20(24)22-15)19-10-9-17(13-2-3-13)21(25)23-19/h4-5,7-10,12-13,15H,2-3,6,11H2,1H3,(H,22,24)(H,23,25)/b18-12+/t15-/m1/s1. The molecule has 0 spiro atoms. The summed E-state index contributed by atoms with van der Waals surface area (Å²) in [5.41, 5.74) is 3.52. The highest BCUT2D eigenvalue weighted by Crippen LogP contribution is 2.38. The number of methoxy groups -OCH3 is 1. The molecule has 2 aliphatic rings. The molecule has 1 aromatic carbocycles. The molecule has 2 N–H and O–H groups in total. The highest BCUT2D eigenvalue weighted by molar-refractivity contribution is 5.82. The fourth-order valence-corrected chi connectivity index (χ4v) is 3.43. The number of benzene rings is 1.